The van der Waals surface area contributed by atoms with Crippen LogP contribution in [0.4, 0.5) is 0 Å². The second kappa shape index (κ2) is 4.04. The van der Waals surface area contributed by atoms with Gasteiger partial charge in [0.25, 0.3) is 5.91 Å². The average molecular weight is 197 g/mol. The van der Waals surface area contributed by atoms with E-state index in [0.717, 1.165) is 4.90 Å². The first kappa shape index (κ1) is 10.4. The molecule has 0 aromatic heterocycles. The minimum atomic E-state index is -0.944. The fourth-order valence-electron chi connectivity index (χ4n) is 1.27. The van der Waals surface area contributed by atoms with Crippen LogP contribution in [0.3, 0.4) is 0 Å². The van der Waals surface area contributed by atoms with Crippen LogP contribution in [0, 0.1) is 0 Å². The van der Waals surface area contributed by atoms with E-state index in [1.807, 2.05) is 0 Å². The van der Waals surface area contributed by atoms with Crippen molar-refractivity contribution in [3.8, 4) is 0 Å². The Balaban J connectivity index is 2.68. The summed E-state index contributed by atoms with van der Waals surface area (Å²) in [6.07, 6.45) is 0.443. The molecule has 1 rings (SSSR count). The van der Waals surface area contributed by atoms with E-state index >= 15 is 0 Å². The molecule has 1 aliphatic rings. The van der Waals surface area contributed by atoms with Crippen LogP contribution in [0.2, 0.25) is 0 Å². The fourth-order valence-corrected chi connectivity index (χ4v) is 1.27. The molecule has 0 N–H and O–H groups in total. The Labute approximate surface area is 81.3 Å². The predicted molar refractivity (Wildman–Crippen MR) is 47.1 cm³/mol. The Bertz CT molecular complexity index is 297. The summed E-state index contributed by atoms with van der Waals surface area (Å²) in [4.78, 5) is 34.3. The van der Waals surface area contributed by atoms with Gasteiger partial charge in [-0.25, -0.2) is 0 Å². The molecule has 2 amide bonds. The average Bonchev–Trinajstić information content (AvgIpc) is 2.32. The topological polar surface area (TPSA) is 63.7 Å². The van der Waals surface area contributed by atoms with E-state index in [4.69, 9.17) is 0 Å². The van der Waals surface area contributed by atoms with E-state index in [2.05, 4.69) is 11.3 Å². The summed E-state index contributed by atoms with van der Waals surface area (Å²) in [5, 5.41) is 0. The van der Waals surface area contributed by atoms with E-state index in [1.165, 1.54) is 13.0 Å². The summed E-state index contributed by atoms with van der Waals surface area (Å²) in [5.74, 6) is -1.36. The van der Waals surface area contributed by atoms with Crippen molar-refractivity contribution < 1.29 is 19.1 Å². The number of amides is 2. The van der Waals surface area contributed by atoms with Gasteiger partial charge in [-0.2, -0.15) is 0 Å². The maximum Gasteiger partial charge on any atom is 0.303 e. The number of imide groups is 1. The number of likely N-dealkylation sites (tertiary alicyclic amines) is 1. The molecule has 1 fully saturated rings. The smallest absolute Gasteiger partial charge is 0.303 e. The zero-order valence-electron chi connectivity index (χ0n) is 7.86. The van der Waals surface area contributed by atoms with Crippen LogP contribution in [-0.2, 0) is 19.1 Å². The van der Waals surface area contributed by atoms with Crippen LogP contribution in [0.5, 0.6) is 0 Å². The first-order valence-corrected chi connectivity index (χ1v) is 4.18. The Kier molecular flexibility index (Phi) is 3.01. The number of rotatable bonds is 3. The summed E-state index contributed by atoms with van der Waals surface area (Å²) >= 11 is 0. The van der Waals surface area contributed by atoms with E-state index in [1.54, 1.807) is 0 Å². The Hall–Kier alpha value is -1.65. The van der Waals surface area contributed by atoms with Crippen molar-refractivity contribution in [1.82, 2.24) is 4.90 Å². The largest absolute Gasteiger partial charge is 0.452 e. The normalized spacial score (nSPS) is 21.2. The molecule has 1 aliphatic heterocycles. The highest BCUT2D eigenvalue weighted by Crippen LogP contribution is 2.15. The molecule has 0 aromatic carbocycles. The highest BCUT2D eigenvalue weighted by Gasteiger charge is 2.39. The fraction of sp³-hybridized carbons (Fsp3) is 0.444. The zero-order chi connectivity index (χ0) is 10.7. The number of carbonyl (C=O) groups is 3. The summed E-state index contributed by atoms with van der Waals surface area (Å²) in [7, 11) is 0. The number of hydrogen-bond acceptors (Lipinski definition) is 4. The van der Waals surface area contributed by atoms with Gasteiger partial charge in [-0.3, -0.25) is 19.3 Å². The van der Waals surface area contributed by atoms with E-state index in [-0.39, 0.29) is 18.9 Å². The van der Waals surface area contributed by atoms with Crippen LogP contribution in [0.1, 0.15) is 13.3 Å². The van der Waals surface area contributed by atoms with Crippen molar-refractivity contribution in [1.29, 1.82) is 0 Å². The van der Waals surface area contributed by atoms with E-state index in [0.29, 0.717) is 0 Å². The molecule has 5 nitrogen and oxygen atoms in total. The van der Waals surface area contributed by atoms with Gasteiger partial charge in [0.05, 0.1) is 6.42 Å². The Morgan fingerprint density at radius 3 is 2.86 bits per heavy atom. The van der Waals surface area contributed by atoms with Crippen LogP contribution < -0.4 is 0 Å². The van der Waals surface area contributed by atoms with E-state index < -0.39 is 18.0 Å². The molecule has 0 spiro atoms. The lowest BCUT2D eigenvalue weighted by Gasteiger charge is -2.11. The molecule has 0 unspecified atom stereocenters. The lowest BCUT2D eigenvalue weighted by molar-refractivity contribution is -0.154. The van der Waals surface area contributed by atoms with Crippen LogP contribution >= 0.6 is 0 Å². The zero-order valence-corrected chi connectivity index (χ0v) is 7.86. The van der Waals surface area contributed by atoms with Gasteiger partial charge >= 0.3 is 5.97 Å². The molecular formula is C9H11NO4. The predicted octanol–water partition coefficient (Wildman–Crippen LogP) is -0.137. The van der Waals surface area contributed by atoms with Gasteiger partial charge in [0.1, 0.15) is 0 Å². The molecule has 76 valence electrons. The van der Waals surface area contributed by atoms with Crippen LogP contribution in [0.25, 0.3) is 0 Å². The van der Waals surface area contributed by atoms with Crippen molar-refractivity contribution >= 4 is 17.8 Å². The molecule has 1 heterocycles. The quantitative estimate of drug-likeness (QED) is 0.359. The minimum absolute atomic E-state index is 0.0632. The van der Waals surface area contributed by atoms with Gasteiger partial charge in [0.15, 0.2) is 6.10 Å². The molecule has 0 aliphatic carbocycles. The molecule has 5 heteroatoms. The Morgan fingerprint density at radius 2 is 2.36 bits per heavy atom. The molecule has 0 saturated carbocycles. The number of esters is 1. The van der Waals surface area contributed by atoms with Crippen LogP contribution in [0.15, 0.2) is 12.7 Å². The van der Waals surface area contributed by atoms with Gasteiger partial charge in [0, 0.05) is 13.5 Å². The van der Waals surface area contributed by atoms with Crippen molar-refractivity contribution in [2.24, 2.45) is 0 Å². The van der Waals surface area contributed by atoms with Gasteiger partial charge in [0.2, 0.25) is 5.91 Å². The summed E-state index contributed by atoms with van der Waals surface area (Å²) in [5.41, 5.74) is 0. The third-order valence-electron chi connectivity index (χ3n) is 1.82. The van der Waals surface area contributed by atoms with Crippen molar-refractivity contribution in [2.75, 3.05) is 6.54 Å². The maximum absolute atomic E-state index is 11.4. The molecule has 1 atom stereocenters. The Morgan fingerprint density at radius 1 is 1.71 bits per heavy atom. The lowest BCUT2D eigenvalue weighted by atomic mass is 10.3. The molecule has 0 radical (unpaired) electrons. The summed E-state index contributed by atoms with van der Waals surface area (Å²) in [6.45, 7) is 4.79. The van der Waals surface area contributed by atoms with Crippen molar-refractivity contribution in [2.45, 2.75) is 19.4 Å². The highest BCUT2D eigenvalue weighted by molar-refractivity contribution is 6.05. The SMILES string of the molecule is C=CCN1C(=O)C[C@H](OC(C)=O)C1=O. The highest BCUT2D eigenvalue weighted by atomic mass is 16.5. The number of ether oxygens (including phenoxy) is 1. The van der Waals surface area contributed by atoms with Gasteiger partial charge < -0.3 is 4.74 Å². The van der Waals surface area contributed by atoms with Gasteiger partial charge in [-0.1, -0.05) is 6.08 Å². The first-order valence-electron chi connectivity index (χ1n) is 4.18. The first-order chi connectivity index (χ1) is 6.56. The van der Waals surface area contributed by atoms with Gasteiger partial charge in [-0.15, -0.1) is 6.58 Å². The number of nitrogens with zero attached hydrogens (tertiary/aromatic N) is 1. The third kappa shape index (κ3) is 1.99. The molecule has 1 saturated heterocycles. The number of hydrogen-bond donors (Lipinski definition) is 0. The molecule has 0 bridgehead atoms. The minimum Gasteiger partial charge on any atom is -0.452 e. The summed E-state index contributed by atoms with van der Waals surface area (Å²) in [6, 6.07) is 0. The molecule has 0 aromatic rings. The van der Waals surface area contributed by atoms with E-state index in [9.17, 15) is 14.4 Å². The summed E-state index contributed by atoms with van der Waals surface area (Å²) < 4.78 is 4.69. The van der Waals surface area contributed by atoms with Crippen molar-refractivity contribution in [3.05, 3.63) is 12.7 Å². The van der Waals surface area contributed by atoms with Crippen LogP contribution in [-0.4, -0.2) is 35.3 Å². The second-order valence-corrected chi connectivity index (χ2v) is 2.93. The maximum atomic E-state index is 11.4. The molecule has 14 heavy (non-hydrogen) atoms. The second-order valence-electron chi connectivity index (χ2n) is 2.93. The standard InChI is InChI=1S/C9H11NO4/c1-3-4-10-8(12)5-7(9(10)13)14-6(2)11/h3,7H,1,4-5H2,2H3/t7-/m0/s1. The molecular weight excluding hydrogens is 186 g/mol. The van der Waals surface area contributed by atoms with Crippen molar-refractivity contribution in [3.63, 3.8) is 0 Å². The number of carbonyl (C=O) groups excluding carboxylic acids is 3. The monoisotopic (exact) mass is 197 g/mol. The third-order valence-corrected chi connectivity index (χ3v) is 1.82. The van der Waals surface area contributed by atoms with Gasteiger partial charge in [-0.05, 0) is 0 Å². The lowest BCUT2D eigenvalue weighted by Crippen LogP contribution is -2.33.